The van der Waals surface area contributed by atoms with Gasteiger partial charge in [-0.15, -0.1) is 0 Å². The Hall–Kier alpha value is -3.02. The predicted molar refractivity (Wildman–Crippen MR) is 96.1 cm³/mol. The minimum Gasteiger partial charge on any atom is -0.378 e. The number of nitrogens with one attached hydrogen (secondary N) is 2. The first-order chi connectivity index (χ1) is 11.5. The summed E-state index contributed by atoms with van der Waals surface area (Å²) in [4.78, 5) is 25.6. The number of hydrogen-bond donors (Lipinski definition) is 3. The molecule has 24 heavy (non-hydrogen) atoms. The molecule has 0 saturated heterocycles. The van der Waals surface area contributed by atoms with Crippen LogP contribution in [0.15, 0.2) is 54.6 Å². The average molecular weight is 326 g/mol. The molecule has 4 N–H and O–H groups in total. The van der Waals surface area contributed by atoms with Gasteiger partial charge in [-0.25, -0.2) is 4.79 Å². The fraction of sp³-hybridized carbons (Fsp3) is 0.222. The molecule has 0 aliphatic heterocycles. The number of anilines is 2. The summed E-state index contributed by atoms with van der Waals surface area (Å²) < 4.78 is 0. The standard InChI is InChI=1S/C18H22N4O2/c1-22(2)15-10-8-14(9-11-15)20-18(24)21-16(17(19)23)12-13-6-4-3-5-7-13/h3-11,16H,12H2,1-2H3,(H2,19,23)(H2,20,21,24). The van der Waals surface area contributed by atoms with Gasteiger partial charge in [0, 0.05) is 31.9 Å². The van der Waals surface area contributed by atoms with E-state index in [0.29, 0.717) is 12.1 Å². The quantitative estimate of drug-likeness (QED) is 0.758. The largest absolute Gasteiger partial charge is 0.378 e. The highest BCUT2D eigenvalue weighted by Crippen LogP contribution is 2.15. The van der Waals surface area contributed by atoms with Crippen LogP contribution in [0.5, 0.6) is 0 Å². The maximum absolute atomic E-state index is 12.1. The fourth-order valence-corrected chi connectivity index (χ4v) is 2.24. The molecule has 1 atom stereocenters. The lowest BCUT2D eigenvalue weighted by atomic mass is 10.1. The molecule has 126 valence electrons. The van der Waals surface area contributed by atoms with E-state index in [0.717, 1.165) is 11.3 Å². The van der Waals surface area contributed by atoms with Crippen molar-refractivity contribution in [2.45, 2.75) is 12.5 Å². The van der Waals surface area contributed by atoms with Gasteiger partial charge in [-0.2, -0.15) is 0 Å². The number of nitrogens with zero attached hydrogens (tertiary/aromatic N) is 1. The molecule has 6 heteroatoms. The summed E-state index contributed by atoms with van der Waals surface area (Å²) in [5, 5.41) is 5.32. The van der Waals surface area contributed by atoms with Crippen molar-refractivity contribution in [2.24, 2.45) is 5.73 Å². The number of benzene rings is 2. The van der Waals surface area contributed by atoms with Crippen molar-refractivity contribution in [2.75, 3.05) is 24.3 Å². The lowest BCUT2D eigenvalue weighted by molar-refractivity contribution is -0.119. The molecule has 3 amide bonds. The van der Waals surface area contributed by atoms with Crippen LogP contribution in [-0.4, -0.2) is 32.1 Å². The summed E-state index contributed by atoms with van der Waals surface area (Å²) in [6.07, 6.45) is 0.350. The molecule has 0 spiro atoms. The average Bonchev–Trinajstić information content (AvgIpc) is 2.55. The fourth-order valence-electron chi connectivity index (χ4n) is 2.24. The Balaban J connectivity index is 1.96. The highest BCUT2D eigenvalue weighted by molar-refractivity contribution is 5.93. The molecule has 0 bridgehead atoms. The number of primary amides is 1. The molecule has 2 aromatic rings. The Morgan fingerprint density at radius 1 is 1.04 bits per heavy atom. The van der Waals surface area contributed by atoms with Crippen LogP contribution in [0, 0.1) is 0 Å². The van der Waals surface area contributed by atoms with Gasteiger partial charge in [0.25, 0.3) is 0 Å². The Bertz CT molecular complexity index is 684. The topological polar surface area (TPSA) is 87.5 Å². The van der Waals surface area contributed by atoms with Gasteiger partial charge >= 0.3 is 6.03 Å². The zero-order chi connectivity index (χ0) is 17.5. The summed E-state index contributed by atoms with van der Waals surface area (Å²) in [5.41, 5.74) is 7.99. The Morgan fingerprint density at radius 3 is 2.21 bits per heavy atom. The third-order valence-corrected chi connectivity index (χ3v) is 3.57. The van der Waals surface area contributed by atoms with E-state index in [-0.39, 0.29) is 0 Å². The summed E-state index contributed by atoms with van der Waals surface area (Å²) in [6, 6.07) is 15.6. The zero-order valence-electron chi connectivity index (χ0n) is 13.8. The number of amides is 3. The van der Waals surface area contributed by atoms with Crippen molar-refractivity contribution in [3.8, 4) is 0 Å². The van der Waals surface area contributed by atoms with Crippen LogP contribution in [0.2, 0.25) is 0 Å². The number of rotatable bonds is 6. The number of urea groups is 1. The maximum Gasteiger partial charge on any atom is 0.319 e. The normalized spacial score (nSPS) is 11.4. The van der Waals surface area contributed by atoms with Crippen LogP contribution >= 0.6 is 0 Å². The zero-order valence-corrected chi connectivity index (χ0v) is 13.8. The molecule has 0 aromatic heterocycles. The molecular weight excluding hydrogens is 304 g/mol. The Kier molecular flexibility index (Phi) is 5.78. The Morgan fingerprint density at radius 2 is 1.67 bits per heavy atom. The van der Waals surface area contributed by atoms with E-state index in [1.165, 1.54) is 0 Å². The summed E-state index contributed by atoms with van der Waals surface area (Å²) in [5.74, 6) is -0.572. The second-order valence-electron chi connectivity index (χ2n) is 5.68. The molecule has 0 aliphatic carbocycles. The van der Waals surface area contributed by atoms with E-state index in [2.05, 4.69) is 10.6 Å². The lowest BCUT2D eigenvalue weighted by Crippen LogP contribution is -2.47. The van der Waals surface area contributed by atoms with Crippen molar-refractivity contribution >= 4 is 23.3 Å². The first-order valence-electron chi connectivity index (χ1n) is 7.64. The summed E-state index contributed by atoms with van der Waals surface area (Å²) in [6.45, 7) is 0. The second kappa shape index (κ2) is 8.01. The Labute approximate surface area is 141 Å². The first kappa shape index (κ1) is 17.3. The molecule has 0 radical (unpaired) electrons. The molecule has 2 aromatic carbocycles. The van der Waals surface area contributed by atoms with Gasteiger partial charge in [0.05, 0.1) is 0 Å². The van der Waals surface area contributed by atoms with Crippen molar-refractivity contribution in [1.29, 1.82) is 0 Å². The third-order valence-electron chi connectivity index (χ3n) is 3.57. The number of carbonyl (C=O) groups is 2. The van der Waals surface area contributed by atoms with Crippen LogP contribution in [0.3, 0.4) is 0 Å². The van der Waals surface area contributed by atoms with Crippen molar-refractivity contribution < 1.29 is 9.59 Å². The molecular formula is C18H22N4O2. The van der Waals surface area contributed by atoms with E-state index < -0.39 is 18.0 Å². The minimum absolute atomic E-state index is 0.350. The van der Waals surface area contributed by atoms with Gasteiger partial charge in [-0.1, -0.05) is 30.3 Å². The SMILES string of the molecule is CN(C)c1ccc(NC(=O)NC(Cc2ccccc2)C(N)=O)cc1. The molecule has 1 unspecified atom stereocenters. The monoisotopic (exact) mass is 326 g/mol. The smallest absolute Gasteiger partial charge is 0.319 e. The summed E-state index contributed by atoms with van der Waals surface area (Å²) in [7, 11) is 3.88. The van der Waals surface area contributed by atoms with Crippen LogP contribution < -0.4 is 21.3 Å². The second-order valence-corrected chi connectivity index (χ2v) is 5.68. The van der Waals surface area contributed by atoms with Crippen LogP contribution in [0.4, 0.5) is 16.2 Å². The lowest BCUT2D eigenvalue weighted by Gasteiger charge is -2.17. The van der Waals surface area contributed by atoms with Crippen molar-refractivity contribution in [1.82, 2.24) is 5.32 Å². The van der Waals surface area contributed by atoms with E-state index in [1.54, 1.807) is 12.1 Å². The van der Waals surface area contributed by atoms with Gasteiger partial charge in [0.15, 0.2) is 0 Å². The minimum atomic E-state index is -0.770. The molecule has 0 saturated carbocycles. The van der Waals surface area contributed by atoms with Gasteiger partial charge in [-0.05, 0) is 29.8 Å². The molecule has 6 nitrogen and oxygen atoms in total. The van der Waals surface area contributed by atoms with E-state index >= 15 is 0 Å². The van der Waals surface area contributed by atoms with E-state index in [4.69, 9.17) is 5.73 Å². The van der Waals surface area contributed by atoms with Crippen molar-refractivity contribution in [3.05, 3.63) is 60.2 Å². The highest BCUT2D eigenvalue weighted by atomic mass is 16.2. The molecule has 0 heterocycles. The van der Waals surface area contributed by atoms with Crippen LogP contribution in [0.1, 0.15) is 5.56 Å². The first-order valence-corrected chi connectivity index (χ1v) is 7.64. The van der Waals surface area contributed by atoms with Crippen LogP contribution in [-0.2, 0) is 11.2 Å². The highest BCUT2D eigenvalue weighted by Gasteiger charge is 2.18. The molecule has 0 aliphatic rings. The number of carbonyl (C=O) groups excluding carboxylic acids is 2. The maximum atomic E-state index is 12.1. The number of nitrogens with two attached hydrogens (primary N) is 1. The number of hydrogen-bond acceptors (Lipinski definition) is 3. The van der Waals surface area contributed by atoms with Gasteiger partial charge in [0.2, 0.25) is 5.91 Å². The van der Waals surface area contributed by atoms with Crippen LogP contribution in [0.25, 0.3) is 0 Å². The van der Waals surface area contributed by atoms with Crippen molar-refractivity contribution in [3.63, 3.8) is 0 Å². The van der Waals surface area contributed by atoms with E-state index in [1.807, 2.05) is 61.5 Å². The third kappa shape index (κ3) is 5.01. The van der Waals surface area contributed by atoms with Gasteiger partial charge in [-0.3, -0.25) is 4.79 Å². The molecule has 0 fully saturated rings. The van der Waals surface area contributed by atoms with Gasteiger partial charge in [0.1, 0.15) is 6.04 Å². The predicted octanol–water partition coefficient (Wildman–Crippen LogP) is 1.97. The van der Waals surface area contributed by atoms with Gasteiger partial charge < -0.3 is 21.3 Å². The van der Waals surface area contributed by atoms with E-state index in [9.17, 15) is 9.59 Å². The molecule has 2 rings (SSSR count). The summed E-state index contributed by atoms with van der Waals surface area (Å²) >= 11 is 0.